The molecule has 0 aromatic heterocycles. The van der Waals surface area contributed by atoms with Crippen molar-refractivity contribution in [2.75, 3.05) is 19.0 Å². The fourth-order valence-corrected chi connectivity index (χ4v) is 2.83. The van der Waals surface area contributed by atoms with Gasteiger partial charge in [-0.1, -0.05) is 24.3 Å². The van der Waals surface area contributed by atoms with Crippen molar-refractivity contribution in [1.82, 2.24) is 4.90 Å². The molecule has 1 atom stereocenters. The maximum Gasteiger partial charge on any atom is 0.415 e. The molecule has 0 unspecified atom stereocenters. The van der Waals surface area contributed by atoms with Crippen molar-refractivity contribution < 1.29 is 19.1 Å². The Morgan fingerprint density at radius 1 is 1.08 bits per heavy atom. The second kappa shape index (κ2) is 7.70. The van der Waals surface area contributed by atoms with Gasteiger partial charge in [0.15, 0.2) is 0 Å². The summed E-state index contributed by atoms with van der Waals surface area (Å²) in [7, 11) is 1.57. The molecule has 1 saturated heterocycles. The van der Waals surface area contributed by atoms with E-state index in [0.717, 1.165) is 6.42 Å². The van der Waals surface area contributed by atoms with Crippen LogP contribution < -0.4 is 14.8 Å². The van der Waals surface area contributed by atoms with Crippen molar-refractivity contribution in [3.05, 3.63) is 54.6 Å². The largest absolute Gasteiger partial charge is 0.497 e. The monoisotopic (exact) mass is 340 g/mol. The third-order valence-electron chi connectivity index (χ3n) is 4.08. The van der Waals surface area contributed by atoms with Crippen molar-refractivity contribution in [2.45, 2.75) is 18.9 Å². The van der Waals surface area contributed by atoms with Crippen LogP contribution in [0.2, 0.25) is 0 Å². The van der Waals surface area contributed by atoms with Gasteiger partial charge in [0.05, 0.1) is 7.11 Å². The molecule has 0 radical (unpaired) electrons. The average molecular weight is 340 g/mol. The second-order valence-electron chi connectivity index (χ2n) is 5.75. The Kier molecular flexibility index (Phi) is 5.18. The summed E-state index contributed by atoms with van der Waals surface area (Å²) in [6, 6.07) is 15.4. The maximum absolute atomic E-state index is 12.6. The van der Waals surface area contributed by atoms with Crippen molar-refractivity contribution in [1.29, 1.82) is 0 Å². The fraction of sp³-hybridized carbons (Fsp3) is 0.263. The van der Waals surface area contributed by atoms with Crippen LogP contribution in [-0.2, 0) is 4.79 Å². The van der Waals surface area contributed by atoms with E-state index in [-0.39, 0.29) is 5.91 Å². The van der Waals surface area contributed by atoms with Gasteiger partial charge in [0.2, 0.25) is 5.91 Å². The number of likely N-dealkylation sites (tertiary alicyclic amines) is 1. The lowest BCUT2D eigenvalue weighted by Gasteiger charge is -2.23. The molecule has 1 fully saturated rings. The number of carbonyl (C=O) groups is 2. The van der Waals surface area contributed by atoms with Crippen LogP contribution in [0.3, 0.4) is 0 Å². The number of rotatable bonds is 4. The number of nitrogens with one attached hydrogen (secondary N) is 1. The molecule has 25 heavy (non-hydrogen) atoms. The van der Waals surface area contributed by atoms with E-state index < -0.39 is 12.1 Å². The van der Waals surface area contributed by atoms with Gasteiger partial charge < -0.3 is 14.8 Å². The molecular weight excluding hydrogens is 320 g/mol. The van der Waals surface area contributed by atoms with E-state index in [0.29, 0.717) is 30.2 Å². The average Bonchev–Trinajstić information content (AvgIpc) is 3.13. The lowest BCUT2D eigenvalue weighted by atomic mass is 10.2. The molecule has 0 bridgehead atoms. The van der Waals surface area contributed by atoms with Crippen molar-refractivity contribution >= 4 is 17.7 Å². The minimum atomic E-state index is -0.539. The first kappa shape index (κ1) is 16.8. The number of ether oxygens (including phenoxy) is 2. The van der Waals surface area contributed by atoms with Crippen LogP contribution in [0.25, 0.3) is 0 Å². The Balaban J connectivity index is 1.65. The fourth-order valence-electron chi connectivity index (χ4n) is 2.83. The van der Waals surface area contributed by atoms with Crippen LogP contribution in [-0.4, -0.2) is 36.6 Å². The first-order chi connectivity index (χ1) is 12.2. The summed E-state index contributed by atoms with van der Waals surface area (Å²) >= 11 is 0. The molecule has 6 heteroatoms. The van der Waals surface area contributed by atoms with E-state index in [1.165, 1.54) is 4.90 Å². The van der Waals surface area contributed by atoms with E-state index in [1.54, 1.807) is 55.6 Å². The highest BCUT2D eigenvalue weighted by Gasteiger charge is 2.35. The lowest BCUT2D eigenvalue weighted by molar-refractivity contribution is -0.119. The van der Waals surface area contributed by atoms with Crippen LogP contribution in [0, 0.1) is 0 Å². The Labute approximate surface area is 146 Å². The predicted octanol–water partition coefficient (Wildman–Crippen LogP) is 3.30. The quantitative estimate of drug-likeness (QED) is 0.927. The molecule has 2 aromatic carbocycles. The third kappa shape index (κ3) is 4.09. The van der Waals surface area contributed by atoms with Gasteiger partial charge >= 0.3 is 6.09 Å². The molecule has 0 spiro atoms. The molecule has 0 aliphatic carbocycles. The van der Waals surface area contributed by atoms with Crippen molar-refractivity contribution in [3.8, 4) is 11.5 Å². The zero-order valence-electron chi connectivity index (χ0n) is 14.0. The van der Waals surface area contributed by atoms with Crippen LogP contribution in [0.5, 0.6) is 11.5 Å². The SMILES string of the molecule is COc1cccc(NC(=O)[C@H]2CCCN2C(=O)Oc2ccccc2)c1. The van der Waals surface area contributed by atoms with Gasteiger partial charge in [0.25, 0.3) is 0 Å². The van der Waals surface area contributed by atoms with E-state index >= 15 is 0 Å². The van der Waals surface area contributed by atoms with E-state index in [2.05, 4.69) is 5.32 Å². The van der Waals surface area contributed by atoms with E-state index in [4.69, 9.17) is 9.47 Å². The molecule has 3 rings (SSSR count). The number of anilines is 1. The molecule has 2 amide bonds. The summed E-state index contributed by atoms with van der Waals surface area (Å²) in [5, 5.41) is 2.84. The molecule has 1 N–H and O–H groups in total. The minimum Gasteiger partial charge on any atom is -0.497 e. The van der Waals surface area contributed by atoms with Gasteiger partial charge in [-0.25, -0.2) is 4.79 Å². The molecule has 0 saturated carbocycles. The molecule has 6 nitrogen and oxygen atoms in total. The van der Waals surface area contributed by atoms with Crippen molar-refractivity contribution in [2.24, 2.45) is 0 Å². The van der Waals surface area contributed by atoms with Gasteiger partial charge in [-0.3, -0.25) is 9.69 Å². The van der Waals surface area contributed by atoms with Gasteiger partial charge in [-0.2, -0.15) is 0 Å². The van der Waals surface area contributed by atoms with Gasteiger partial charge in [-0.15, -0.1) is 0 Å². The number of methoxy groups -OCH3 is 1. The summed E-state index contributed by atoms with van der Waals surface area (Å²) in [5.41, 5.74) is 0.632. The number of hydrogen-bond acceptors (Lipinski definition) is 4. The third-order valence-corrected chi connectivity index (χ3v) is 4.08. The van der Waals surface area contributed by atoms with Crippen LogP contribution in [0.15, 0.2) is 54.6 Å². The summed E-state index contributed by atoms with van der Waals surface area (Å²) < 4.78 is 10.5. The number of nitrogens with zero attached hydrogens (tertiary/aromatic N) is 1. The Hall–Kier alpha value is -3.02. The molecule has 130 valence electrons. The summed E-state index contributed by atoms with van der Waals surface area (Å²) in [6.07, 6.45) is 0.870. The van der Waals surface area contributed by atoms with E-state index in [1.807, 2.05) is 6.07 Å². The molecule has 1 heterocycles. The second-order valence-corrected chi connectivity index (χ2v) is 5.75. The number of para-hydroxylation sites is 1. The highest BCUT2D eigenvalue weighted by molar-refractivity contribution is 5.97. The van der Waals surface area contributed by atoms with Crippen LogP contribution in [0.4, 0.5) is 10.5 Å². The van der Waals surface area contributed by atoms with Crippen molar-refractivity contribution in [3.63, 3.8) is 0 Å². The number of carbonyl (C=O) groups excluding carboxylic acids is 2. The zero-order valence-corrected chi connectivity index (χ0v) is 14.0. The van der Waals surface area contributed by atoms with Gasteiger partial charge in [-0.05, 0) is 37.1 Å². The summed E-state index contributed by atoms with van der Waals surface area (Å²) in [4.78, 5) is 26.4. The highest BCUT2D eigenvalue weighted by atomic mass is 16.6. The standard InChI is InChI=1S/C19H20N2O4/c1-24-16-10-5-7-14(13-16)20-18(22)17-11-6-12-21(17)19(23)25-15-8-3-2-4-9-15/h2-5,7-10,13,17H,6,11-12H2,1H3,(H,20,22)/t17-/m1/s1. The minimum absolute atomic E-state index is 0.226. The highest BCUT2D eigenvalue weighted by Crippen LogP contribution is 2.23. The smallest absolute Gasteiger partial charge is 0.415 e. The number of benzene rings is 2. The van der Waals surface area contributed by atoms with Crippen LogP contribution >= 0.6 is 0 Å². The molecule has 2 aromatic rings. The van der Waals surface area contributed by atoms with Gasteiger partial charge in [0, 0.05) is 18.3 Å². The normalized spacial score (nSPS) is 16.4. The van der Waals surface area contributed by atoms with E-state index in [9.17, 15) is 9.59 Å². The molecule has 1 aliphatic rings. The first-order valence-electron chi connectivity index (χ1n) is 8.16. The Morgan fingerprint density at radius 2 is 1.84 bits per heavy atom. The number of hydrogen-bond donors (Lipinski definition) is 1. The van der Waals surface area contributed by atoms with Crippen LogP contribution in [0.1, 0.15) is 12.8 Å². The first-order valence-corrected chi connectivity index (χ1v) is 8.16. The molecular formula is C19H20N2O4. The summed E-state index contributed by atoms with van der Waals surface area (Å²) in [6.45, 7) is 0.502. The Morgan fingerprint density at radius 3 is 2.60 bits per heavy atom. The lowest BCUT2D eigenvalue weighted by Crippen LogP contribution is -2.44. The molecule has 1 aliphatic heterocycles. The maximum atomic E-state index is 12.6. The zero-order chi connectivity index (χ0) is 17.6. The van der Waals surface area contributed by atoms with Gasteiger partial charge in [0.1, 0.15) is 17.5 Å². The summed E-state index contributed by atoms with van der Waals surface area (Å²) in [5.74, 6) is 0.895. The Bertz CT molecular complexity index is 748. The number of amides is 2. The topological polar surface area (TPSA) is 67.9 Å². The predicted molar refractivity (Wildman–Crippen MR) is 93.8 cm³/mol.